The molecule has 5 N–H and O–H groups in total. The van der Waals surface area contributed by atoms with Crippen LogP contribution >= 0.6 is 7.59 Å². The van der Waals surface area contributed by atoms with Gasteiger partial charge >= 0.3 is 24.0 Å². The van der Waals surface area contributed by atoms with Crippen molar-refractivity contribution in [2.75, 3.05) is 6.54 Å². The van der Waals surface area contributed by atoms with E-state index in [0.29, 0.717) is 11.1 Å². The fourth-order valence-corrected chi connectivity index (χ4v) is 5.00. The van der Waals surface area contributed by atoms with Crippen LogP contribution in [0, 0.1) is 0 Å². The molecule has 0 saturated carbocycles. The molecule has 26 heavy (non-hydrogen) atoms. The first-order valence-electron chi connectivity index (χ1n) is 7.53. The first-order valence-corrected chi connectivity index (χ1v) is 10.7. The Balaban J connectivity index is 1.96. The molecule has 0 spiro atoms. The Hall–Kier alpha value is -1.98. The van der Waals surface area contributed by atoms with Crippen LogP contribution in [0.1, 0.15) is 18.4 Å². The van der Waals surface area contributed by atoms with Gasteiger partial charge in [-0.15, -0.1) is 4.49 Å². The maximum absolute atomic E-state index is 12.4. The number of nitrogens with zero attached hydrogens (tertiary/aromatic N) is 1. The van der Waals surface area contributed by atoms with Crippen molar-refractivity contribution < 1.29 is 31.9 Å². The summed E-state index contributed by atoms with van der Waals surface area (Å²) in [6, 6.07) is 7.80. The molecule has 1 saturated heterocycles. The zero-order valence-electron chi connectivity index (χ0n) is 13.6. The van der Waals surface area contributed by atoms with E-state index in [1.54, 1.807) is 24.3 Å². The normalized spacial score (nSPS) is 20.3. The largest absolute Gasteiger partial charge is 0.445 e. The third kappa shape index (κ3) is 5.78. The van der Waals surface area contributed by atoms with Crippen LogP contribution in [0.15, 0.2) is 30.3 Å². The summed E-state index contributed by atoms with van der Waals surface area (Å²) in [7, 11) is -9.26. The number of carbonyl (C=O) groups excluding carboxylic acids is 2. The smallest absolute Gasteiger partial charge is 0.408 e. The molecule has 0 bridgehead atoms. The molecule has 1 heterocycles. The van der Waals surface area contributed by atoms with Crippen molar-refractivity contribution in [1.29, 1.82) is 0 Å². The highest BCUT2D eigenvalue weighted by Crippen LogP contribution is 2.40. The molecule has 0 unspecified atom stereocenters. The predicted molar refractivity (Wildman–Crippen MR) is 91.0 cm³/mol. The van der Waals surface area contributed by atoms with Crippen molar-refractivity contribution in [2.24, 2.45) is 5.50 Å². The average molecular weight is 406 g/mol. The Morgan fingerprint density at radius 1 is 1.38 bits per heavy atom. The number of hydrogen-bond acceptors (Lipinski definition) is 6. The van der Waals surface area contributed by atoms with Crippen molar-refractivity contribution in [3.05, 3.63) is 35.9 Å². The monoisotopic (exact) mass is 406 g/mol. The molecule has 144 valence electrons. The molecular weight excluding hydrogens is 387 g/mol. The molecule has 1 aromatic rings. The maximum Gasteiger partial charge on any atom is 0.408 e. The number of nitrogens with two attached hydrogens (primary N) is 1. The summed E-state index contributed by atoms with van der Waals surface area (Å²) in [5.74, 6) is -0.838. The van der Waals surface area contributed by atoms with Crippen molar-refractivity contribution in [3.63, 3.8) is 0 Å². The maximum atomic E-state index is 12.4. The van der Waals surface area contributed by atoms with Gasteiger partial charge in [0.15, 0.2) is 0 Å². The topological polar surface area (TPSA) is 168 Å². The Morgan fingerprint density at radius 3 is 2.65 bits per heavy atom. The van der Waals surface area contributed by atoms with Gasteiger partial charge in [0.2, 0.25) is 0 Å². The van der Waals surface area contributed by atoms with Gasteiger partial charge in [-0.2, -0.15) is 8.42 Å². The molecule has 2 atom stereocenters. The number of amides is 2. The third-order valence-corrected chi connectivity index (χ3v) is 6.61. The minimum Gasteiger partial charge on any atom is -0.445 e. The molecular formula is C13H19N4O7PS. The summed E-state index contributed by atoms with van der Waals surface area (Å²) < 4.78 is 49.6. The number of benzene rings is 1. The predicted octanol–water partition coefficient (Wildman–Crippen LogP) is 0.363. The van der Waals surface area contributed by atoms with Crippen LogP contribution in [0.3, 0.4) is 0 Å². The average Bonchev–Trinajstić information content (AvgIpc) is 2.53. The minimum atomic E-state index is -4.88. The second kappa shape index (κ2) is 8.14. The number of ether oxygens (including phenoxy) is 1. The lowest BCUT2D eigenvalue weighted by molar-refractivity contribution is -0.130. The molecule has 1 aliphatic heterocycles. The van der Waals surface area contributed by atoms with Gasteiger partial charge in [-0.3, -0.25) is 24.1 Å². The van der Waals surface area contributed by atoms with E-state index < -0.39 is 35.9 Å². The number of alkyl carbamates (subject to hydrolysis) is 1. The lowest BCUT2D eigenvalue weighted by atomic mass is 10.1. The molecule has 13 heteroatoms. The molecule has 1 fully saturated rings. The molecule has 11 nitrogen and oxygen atoms in total. The molecule has 0 aliphatic carbocycles. The zero-order chi connectivity index (χ0) is 19.4. The fourth-order valence-electron chi connectivity index (χ4n) is 2.41. The lowest BCUT2D eigenvalue weighted by Crippen LogP contribution is -2.53. The van der Waals surface area contributed by atoms with Gasteiger partial charge in [0.1, 0.15) is 12.6 Å². The third-order valence-electron chi connectivity index (χ3n) is 3.52. The van der Waals surface area contributed by atoms with E-state index in [2.05, 4.69) is 5.32 Å². The summed E-state index contributed by atoms with van der Waals surface area (Å²) >= 11 is 0. The quantitative estimate of drug-likeness (QED) is 0.388. The number of nitrogens with one attached hydrogen (secondary N) is 2. The van der Waals surface area contributed by atoms with Gasteiger partial charge in [-0.05, 0) is 18.4 Å². The second-order valence-corrected chi connectivity index (χ2v) is 8.96. The summed E-state index contributed by atoms with van der Waals surface area (Å²) in [5.41, 5.74) is 6.11. The van der Waals surface area contributed by atoms with Crippen molar-refractivity contribution in [1.82, 2.24) is 14.5 Å². The summed E-state index contributed by atoms with van der Waals surface area (Å²) in [6.45, 7) is -0.0939. The van der Waals surface area contributed by atoms with E-state index in [1.807, 2.05) is 6.07 Å². The second-order valence-electron chi connectivity index (χ2n) is 5.55. The van der Waals surface area contributed by atoms with Crippen LogP contribution in [-0.2, 0) is 31.0 Å². The van der Waals surface area contributed by atoms with Crippen molar-refractivity contribution in [3.8, 4) is 0 Å². The SMILES string of the molecule is N[P@](=O)(NS(=O)(=O)O)N1CCC[C@H](NC(=O)OCc2ccccc2)C1=O. The Kier molecular flexibility index (Phi) is 6.37. The highest BCUT2D eigenvalue weighted by Gasteiger charge is 2.40. The Labute approximate surface area is 150 Å². The van der Waals surface area contributed by atoms with Crippen LogP contribution in [0.25, 0.3) is 0 Å². The van der Waals surface area contributed by atoms with E-state index >= 15 is 0 Å². The van der Waals surface area contributed by atoms with Gasteiger partial charge in [-0.1, -0.05) is 30.3 Å². The van der Waals surface area contributed by atoms with Crippen LogP contribution < -0.4 is 15.3 Å². The fraction of sp³-hybridized carbons (Fsp3) is 0.385. The van der Waals surface area contributed by atoms with Crippen molar-refractivity contribution >= 4 is 29.9 Å². The van der Waals surface area contributed by atoms with Gasteiger partial charge in [-0.25, -0.2) is 4.79 Å². The molecule has 0 aromatic heterocycles. The van der Waals surface area contributed by atoms with Crippen LogP contribution in [0.2, 0.25) is 0 Å². The molecule has 2 rings (SSSR count). The number of rotatable bonds is 6. The highest BCUT2D eigenvalue weighted by molar-refractivity contribution is 7.90. The van der Waals surface area contributed by atoms with E-state index in [1.165, 1.54) is 4.49 Å². The van der Waals surface area contributed by atoms with E-state index in [4.69, 9.17) is 14.8 Å². The summed E-state index contributed by atoms with van der Waals surface area (Å²) in [4.78, 5) is 24.2. The minimum absolute atomic E-state index is 0.00298. The number of piperidine rings is 1. The summed E-state index contributed by atoms with van der Waals surface area (Å²) in [5, 5.41) is 2.34. The Bertz CT molecular complexity index is 817. The molecule has 0 radical (unpaired) electrons. The van der Waals surface area contributed by atoms with E-state index in [-0.39, 0.29) is 19.6 Å². The number of carbonyl (C=O) groups is 2. The van der Waals surface area contributed by atoms with Gasteiger partial charge in [0, 0.05) is 6.54 Å². The molecule has 1 aliphatic rings. The van der Waals surface area contributed by atoms with Gasteiger partial charge in [0.25, 0.3) is 5.91 Å². The zero-order valence-corrected chi connectivity index (χ0v) is 15.3. The molecule has 1 aromatic carbocycles. The highest BCUT2D eigenvalue weighted by atomic mass is 32.2. The lowest BCUT2D eigenvalue weighted by Gasteiger charge is -2.35. The number of hydrogen-bond donors (Lipinski definition) is 4. The van der Waals surface area contributed by atoms with Crippen LogP contribution in [0.4, 0.5) is 4.79 Å². The first-order chi connectivity index (χ1) is 12.1. The van der Waals surface area contributed by atoms with E-state index in [0.717, 1.165) is 5.56 Å². The van der Waals surface area contributed by atoms with Gasteiger partial charge < -0.3 is 10.1 Å². The standard InChI is InChI=1S/C13H19N4O7PS/c14-25(20,16-26(21,22)23)17-8-4-7-11(12(17)18)15-13(19)24-9-10-5-2-1-3-6-10/h1-3,5-6,11H,4,7-9H2,(H,15,19)(H3,14,16,20)(H,21,22,23)/t11-,25-/m0/s1. The van der Waals surface area contributed by atoms with Crippen molar-refractivity contribution in [2.45, 2.75) is 25.5 Å². The first kappa shape index (κ1) is 20.3. The van der Waals surface area contributed by atoms with Crippen LogP contribution in [-0.4, -0.2) is 42.2 Å². The van der Waals surface area contributed by atoms with Gasteiger partial charge in [0.05, 0.1) is 0 Å². The molecule has 2 amide bonds. The summed E-state index contributed by atoms with van der Waals surface area (Å²) in [6.07, 6.45) is -0.311. The Morgan fingerprint density at radius 2 is 2.04 bits per heavy atom. The van der Waals surface area contributed by atoms with Crippen LogP contribution in [0.5, 0.6) is 0 Å². The van der Waals surface area contributed by atoms with E-state index in [9.17, 15) is 22.6 Å².